The normalized spacial score (nSPS) is 11.7. The minimum atomic E-state index is 0.712. The Kier molecular flexibility index (Phi) is 2.80. The van der Waals surface area contributed by atoms with Crippen LogP contribution in [0.4, 0.5) is 5.82 Å². The van der Waals surface area contributed by atoms with Crippen molar-refractivity contribution in [2.24, 2.45) is 0 Å². The molecule has 3 nitrogen and oxygen atoms in total. The van der Waals surface area contributed by atoms with E-state index >= 15 is 0 Å². The van der Waals surface area contributed by atoms with Gasteiger partial charge in [0.25, 0.3) is 0 Å². The number of rotatable bonds is 3. The maximum absolute atomic E-state index is 5.71. The van der Waals surface area contributed by atoms with Crippen LogP contribution in [0.2, 0.25) is 0 Å². The molecule has 1 aromatic heterocycles. The second kappa shape index (κ2) is 3.85. The molecule has 0 atom stereocenters. The molecular formula is C9H15N3. The van der Waals surface area contributed by atoms with Crippen LogP contribution in [0.5, 0.6) is 0 Å². The first-order valence-corrected chi connectivity index (χ1v) is 4.13. The Morgan fingerprint density at radius 3 is 2.92 bits per heavy atom. The summed E-state index contributed by atoms with van der Waals surface area (Å²) < 4.78 is 0. The highest BCUT2D eigenvalue weighted by Crippen LogP contribution is 2.16. The number of nitrogens with one attached hydrogen (secondary N) is 2. The van der Waals surface area contributed by atoms with Gasteiger partial charge in [-0.2, -0.15) is 0 Å². The number of H-pyrrole nitrogens is 1. The summed E-state index contributed by atoms with van der Waals surface area (Å²) in [6.07, 6.45) is 3.86. The molecule has 1 heterocycles. The second-order valence-corrected chi connectivity index (χ2v) is 2.54. The largest absolute Gasteiger partial charge is 0.385 e. The van der Waals surface area contributed by atoms with E-state index in [1.807, 2.05) is 25.3 Å². The molecule has 0 aliphatic rings. The third-order valence-corrected chi connectivity index (χ3v) is 1.73. The predicted octanol–water partition coefficient (Wildman–Crippen LogP) is 1.57. The van der Waals surface area contributed by atoms with Gasteiger partial charge >= 0.3 is 0 Å². The number of aromatic amines is 1. The highest BCUT2D eigenvalue weighted by atomic mass is 14.9. The van der Waals surface area contributed by atoms with Crippen molar-refractivity contribution in [1.82, 2.24) is 10.3 Å². The zero-order chi connectivity index (χ0) is 8.97. The average molecular weight is 165 g/mol. The lowest BCUT2D eigenvalue weighted by Crippen LogP contribution is -2.11. The lowest BCUT2D eigenvalue weighted by molar-refractivity contribution is 0.939. The van der Waals surface area contributed by atoms with Crippen LogP contribution in [-0.2, 0) is 0 Å². The van der Waals surface area contributed by atoms with E-state index in [0.717, 1.165) is 17.8 Å². The first kappa shape index (κ1) is 8.71. The number of nitrogens with two attached hydrogens (primary N) is 1. The molecule has 0 aromatic carbocycles. The molecule has 0 fully saturated rings. The summed E-state index contributed by atoms with van der Waals surface area (Å²) in [6.45, 7) is 4.96. The van der Waals surface area contributed by atoms with Gasteiger partial charge in [-0.05, 0) is 19.9 Å². The zero-order valence-electron chi connectivity index (χ0n) is 7.52. The molecule has 1 aromatic rings. The van der Waals surface area contributed by atoms with Crippen LogP contribution in [0.15, 0.2) is 18.3 Å². The summed E-state index contributed by atoms with van der Waals surface area (Å²) in [5.41, 5.74) is 7.83. The summed E-state index contributed by atoms with van der Waals surface area (Å²) in [5, 5.41) is 3.24. The summed E-state index contributed by atoms with van der Waals surface area (Å²) in [7, 11) is 0. The third-order valence-electron chi connectivity index (χ3n) is 1.73. The molecule has 4 N–H and O–H groups in total. The van der Waals surface area contributed by atoms with Gasteiger partial charge < -0.3 is 16.0 Å². The highest BCUT2D eigenvalue weighted by Gasteiger charge is 2.03. The van der Waals surface area contributed by atoms with Gasteiger partial charge in [-0.1, -0.05) is 6.08 Å². The highest BCUT2D eigenvalue weighted by molar-refractivity contribution is 5.71. The van der Waals surface area contributed by atoms with Crippen molar-refractivity contribution >= 4 is 11.5 Å². The number of nitrogen functional groups attached to an aromatic ring is 1. The fourth-order valence-electron chi connectivity index (χ4n) is 1.16. The van der Waals surface area contributed by atoms with Gasteiger partial charge in [-0.3, -0.25) is 0 Å². The van der Waals surface area contributed by atoms with Crippen molar-refractivity contribution in [3.8, 4) is 0 Å². The fraction of sp³-hybridized carbons (Fsp3) is 0.333. The Balaban J connectivity index is 2.88. The molecular weight excluding hydrogens is 150 g/mol. The monoisotopic (exact) mass is 165 g/mol. The standard InChI is InChI=1S/C9H15N3/c1-3-8(11-4-2)7-5-6-12-9(7)10/h3,5-6,11-12H,4,10H2,1-2H3/b8-3+. The van der Waals surface area contributed by atoms with Crippen LogP contribution < -0.4 is 11.1 Å². The van der Waals surface area contributed by atoms with Crippen LogP contribution in [0.1, 0.15) is 19.4 Å². The number of aromatic nitrogens is 1. The van der Waals surface area contributed by atoms with Crippen molar-refractivity contribution in [1.29, 1.82) is 0 Å². The Morgan fingerprint density at radius 1 is 1.75 bits per heavy atom. The molecule has 0 saturated heterocycles. The van der Waals surface area contributed by atoms with E-state index in [-0.39, 0.29) is 0 Å². The predicted molar refractivity (Wildman–Crippen MR) is 52.5 cm³/mol. The quantitative estimate of drug-likeness (QED) is 0.636. The molecule has 0 saturated carbocycles. The molecule has 0 amide bonds. The average Bonchev–Trinajstić information content (AvgIpc) is 2.47. The minimum absolute atomic E-state index is 0.712. The Morgan fingerprint density at radius 2 is 2.50 bits per heavy atom. The van der Waals surface area contributed by atoms with E-state index in [1.54, 1.807) is 0 Å². The van der Waals surface area contributed by atoms with Crippen LogP contribution in [0.25, 0.3) is 5.70 Å². The smallest absolute Gasteiger partial charge is 0.110 e. The third kappa shape index (κ3) is 1.61. The van der Waals surface area contributed by atoms with Crippen molar-refractivity contribution in [3.63, 3.8) is 0 Å². The van der Waals surface area contributed by atoms with Gasteiger partial charge in [-0.25, -0.2) is 0 Å². The topological polar surface area (TPSA) is 53.8 Å². The van der Waals surface area contributed by atoms with E-state index in [0.29, 0.717) is 5.82 Å². The lowest BCUT2D eigenvalue weighted by Gasteiger charge is -2.07. The first-order chi connectivity index (χ1) is 5.79. The van der Waals surface area contributed by atoms with Crippen LogP contribution in [0, 0.1) is 0 Å². The molecule has 0 radical (unpaired) electrons. The minimum Gasteiger partial charge on any atom is -0.385 e. The Bertz CT molecular complexity index is 273. The van der Waals surface area contributed by atoms with Gasteiger partial charge in [0.05, 0.1) is 0 Å². The lowest BCUT2D eigenvalue weighted by atomic mass is 10.2. The van der Waals surface area contributed by atoms with Crippen LogP contribution >= 0.6 is 0 Å². The van der Waals surface area contributed by atoms with Gasteiger partial charge in [0.2, 0.25) is 0 Å². The molecule has 0 bridgehead atoms. The summed E-state index contributed by atoms with van der Waals surface area (Å²) >= 11 is 0. The molecule has 0 aliphatic carbocycles. The van der Waals surface area contributed by atoms with Crippen LogP contribution in [-0.4, -0.2) is 11.5 Å². The maximum atomic E-state index is 5.71. The summed E-state index contributed by atoms with van der Waals surface area (Å²) in [4.78, 5) is 2.94. The van der Waals surface area contributed by atoms with Crippen LogP contribution in [0.3, 0.4) is 0 Å². The summed E-state index contributed by atoms with van der Waals surface area (Å²) in [6, 6.07) is 1.97. The molecule has 3 heteroatoms. The second-order valence-electron chi connectivity index (χ2n) is 2.54. The van der Waals surface area contributed by atoms with Crippen molar-refractivity contribution in [3.05, 3.63) is 23.9 Å². The van der Waals surface area contributed by atoms with E-state index in [2.05, 4.69) is 17.2 Å². The number of hydrogen-bond acceptors (Lipinski definition) is 2. The molecule has 0 spiro atoms. The van der Waals surface area contributed by atoms with Gasteiger partial charge in [0.15, 0.2) is 0 Å². The van der Waals surface area contributed by atoms with Crippen molar-refractivity contribution in [2.75, 3.05) is 12.3 Å². The van der Waals surface area contributed by atoms with E-state index in [9.17, 15) is 0 Å². The Hall–Kier alpha value is -1.38. The van der Waals surface area contributed by atoms with Crippen molar-refractivity contribution in [2.45, 2.75) is 13.8 Å². The molecule has 0 aliphatic heterocycles. The fourth-order valence-corrected chi connectivity index (χ4v) is 1.16. The van der Waals surface area contributed by atoms with Gasteiger partial charge in [0.1, 0.15) is 5.82 Å². The van der Waals surface area contributed by atoms with Gasteiger partial charge in [0, 0.05) is 24.0 Å². The van der Waals surface area contributed by atoms with E-state index in [1.165, 1.54) is 0 Å². The number of hydrogen-bond donors (Lipinski definition) is 3. The molecule has 0 unspecified atom stereocenters. The Labute approximate surface area is 72.7 Å². The molecule has 1 rings (SSSR count). The first-order valence-electron chi connectivity index (χ1n) is 4.13. The van der Waals surface area contributed by atoms with E-state index < -0.39 is 0 Å². The SMILES string of the molecule is C/C=C(/NCC)c1cc[nH]c1N. The van der Waals surface area contributed by atoms with E-state index in [4.69, 9.17) is 5.73 Å². The van der Waals surface area contributed by atoms with Gasteiger partial charge in [-0.15, -0.1) is 0 Å². The zero-order valence-corrected chi connectivity index (χ0v) is 7.52. The summed E-state index contributed by atoms with van der Waals surface area (Å²) in [5.74, 6) is 0.712. The number of allylic oxidation sites excluding steroid dienone is 1. The maximum Gasteiger partial charge on any atom is 0.110 e. The molecule has 66 valence electrons. The van der Waals surface area contributed by atoms with Crippen molar-refractivity contribution < 1.29 is 0 Å². The molecule has 12 heavy (non-hydrogen) atoms. The number of anilines is 1.